The topological polar surface area (TPSA) is 29.1 Å². The van der Waals surface area contributed by atoms with Crippen LogP contribution in [-0.4, -0.2) is 17.2 Å². The lowest BCUT2D eigenvalue weighted by molar-refractivity contribution is -0.137. The third kappa shape index (κ3) is 3.69. The minimum absolute atomic E-state index is 0.0415. The highest BCUT2D eigenvalue weighted by Crippen LogP contribution is 2.55. The number of thioether (sulfide) groups is 1. The Morgan fingerprint density at radius 2 is 1.72 bits per heavy atom. The van der Waals surface area contributed by atoms with E-state index in [-0.39, 0.29) is 17.2 Å². The van der Waals surface area contributed by atoms with Crippen molar-refractivity contribution in [2.75, 3.05) is 5.75 Å². The van der Waals surface area contributed by atoms with Crippen molar-refractivity contribution in [1.29, 1.82) is 0 Å². The van der Waals surface area contributed by atoms with Crippen LogP contribution in [0.25, 0.3) is 0 Å². The first-order chi connectivity index (χ1) is 11.8. The fraction of sp³-hybridized carbons (Fsp3) is 0.632. The third-order valence-corrected chi connectivity index (χ3v) is 6.97. The Morgan fingerprint density at radius 1 is 1.12 bits per heavy atom. The van der Waals surface area contributed by atoms with Crippen molar-refractivity contribution in [3.8, 4) is 0 Å². The summed E-state index contributed by atoms with van der Waals surface area (Å²) in [5, 5.41) is 3.26. The van der Waals surface area contributed by atoms with Gasteiger partial charge in [0.1, 0.15) is 0 Å². The Kier molecular flexibility index (Phi) is 4.29. The van der Waals surface area contributed by atoms with Crippen LogP contribution >= 0.6 is 11.8 Å². The van der Waals surface area contributed by atoms with Crippen LogP contribution in [0, 0.1) is 17.8 Å². The van der Waals surface area contributed by atoms with Crippen LogP contribution in [0.15, 0.2) is 29.2 Å². The maximum atomic E-state index is 12.8. The van der Waals surface area contributed by atoms with Crippen LogP contribution in [0.3, 0.4) is 0 Å². The summed E-state index contributed by atoms with van der Waals surface area (Å²) in [6, 6.07) is 5.18. The van der Waals surface area contributed by atoms with Crippen LogP contribution in [0.5, 0.6) is 0 Å². The molecule has 0 aliphatic heterocycles. The molecule has 0 spiro atoms. The van der Waals surface area contributed by atoms with Crippen molar-refractivity contribution < 1.29 is 18.0 Å². The molecule has 0 atom stereocenters. The lowest BCUT2D eigenvalue weighted by Gasteiger charge is -2.56. The van der Waals surface area contributed by atoms with E-state index < -0.39 is 11.7 Å². The zero-order valence-corrected chi connectivity index (χ0v) is 14.8. The molecule has 5 rings (SSSR count). The van der Waals surface area contributed by atoms with Crippen molar-refractivity contribution in [1.82, 2.24) is 5.32 Å². The number of hydrogen-bond acceptors (Lipinski definition) is 2. The number of rotatable bonds is 4. The van der Waals surface area contributed by atoms with E-state index in [0.29, 0.717) is 4.90 Å². The first kappa shape index (κ1) is 17.3. The standard InChI is InChI=1S/C19H22F3NOS/c20-19(21,22)15-2-1-3-16(7-15)25-11-17(24)23-18-8-12-4-13(9-18)6-14(5-12)10-18/h1-3,7,12-14H,4-6,8-11H2,(H,23,24). The third-order valence-electron chi connectivity index (χ3n) is 5.97. The quantitative estimate of drug-likeness (QED) is 0.766. The number of halogens is 3. The maximum Gasteiger partial charge on any atom is 0.416 e. The molecule has 4 aliphatic rings. The number of alkyl halides is 3. The summed E-state index contributed by atoms with van der Waals surface area (Å²) in [5.74, 6) is 2.38. The highest BCUT2D eigenvalue weighted by atomic mass is 32.2. The van der Waals surface area contributed by atoms with Gasteiger partial charge in [-0.15, -0.1) is 11.8 Å². The van der Waals surface area contributed by atoms with Gasteiger partial charge < -0.3 is 5.32 Å². The second kappa shape index (κ2) is 6.22. The number of amides is 1. The molecule has 0 heterocycles. The molecule has 0 radical (unpaired) electrons. The second-order valence-electron chi connectivity index (χ2n) is 8.06. The summed E-state index contributed by atoms with van der Waals surface area (Å²) >= 11 is 1.18. The zero-order valence-electron chi connectivity index (χ0n) is 13.9. The van der Waals surface area contributed by atoms with Crippen molar-refractivity contribution in [3.05, 3.63) is 29.8 Å². The molecule has 0 saturated heterocycles. The van der Waals surface area contributed by atoms with E-state index in [1.165, 1.54) is 37.1 Å². The van der Waals surface area contributed by atoms with E-state index in [0.717, 1.165) is 49.1 Å². The smallest absolute Gasteiger partial charge is 0.350 e. The van der Waals surface area contributed by atoms with Crippen molar-refractivity contribution in [3.63, 3.8) is 0 Å². The molecular weight excluding hydrogens is 347 g/mol. The highest BCUT2D eigenvalue weighted by Gasteiger charge is 2.51. The van der Waals surface area contributed by atoms with Gasteiger partial charge in [0.15, 0.2) is 0 Å². The van der Waals surface area contributed by atoms with E-state index in [9.17, 15) is 18.0 Å². The molecule has 0 aromatic heterocycles. The average molecular weight is 369 g/mol. The molecule has 136 valence electrons. The van der Waals surface area contributed by atoms with Crippen molar-refractivity contribution in [2.24, 2.45) is 17.8 Å². The summed E-state index contributed by atoms with van der Waals surface area (Å²) in [4.78, 5) is 12.9. The SMILES string of the molecule is O=C(CSc1cccc(C(F)(F)F)c1)NC12CC3CC(CC(C3)C1)C2. The number of nitrogens with one attached hydrogen (secondary N) is 1. The Balaban J connectivity index is 1.36. The number of carbonyl (C=O) groups is 1. The van der Waals surface area contributed by atoms with Crippen LogP contribution in [0.4, 0.5) is 13.2 Å². The van der Waals surface area contributed by atoms with Gasteiger partial charge in [0.25, 0.3) is 0 Å². The van der Waals surface area contributed by atoms with Gasteiger partial charge in [0.05, 0.1) is 11.3 Å². The molecular formula is C19H22F3NOS. The van der Waals surface area contributed by atoms with E-state index >= 15 is 0 Å². The molecule has 4 aliphatic carbocycles. The molecule has 1 amide bonds. The van der Waals surface area contributed by atoms with E-state index in [2.05, 4.69) is 5.32 Å². The molecule has 6 heteroatoms. The van der Waals surface area contributed by atoms with Crippen LogP contribution in [0.1, 0.15) is 44.1 Å². The Labute approximate surface area is 149 Å². The molecule has 25 heavy (non-hydrogen) atoms. The van der Waals surface area contributed by atoms with Crippen LogP contribution in [0.2, 0.25) is 0 Å². The Bertz CT molecular complexity index is 638. The number of hydrogen-bond donors (Lipinski definition) is 1. The molecule has 0 unspecified atom stereocenters. The van der Waals surface area contributed by atoms with Gasteiger partial charge in [-0.05, 0) is 74.5 Å². The largest absolute Gasteiger partial charge is 0.416 e. The normalized spacial score (nSPS) is 33.5. The van der Waals surface area contributed by atoms with Crippen molar-refractivity contribution in [2.45, 2.75) is 55.1 Å². The van der Waals surface area contributed by atoms with Gasteiger partial charge in [-0.1, -0.05) is 6.07 Å². The number of benzene rings is 1. The minimum atomic E-state index is -4.35. The lowest BCUT2D eigenvalue weighted by atomic mass is 9.53. The molecule has 4 saturated carbocycles. The molecule has 2 nitrogen and oxygen atoms in total. The van der Waals surface area contributed by atoms with Gasteiger partial charge in [-0.25, -0.2) is 0 Å². The summed E-state index contributed by atoms with van der Waals surface area (Å²) < 4.78 is 38.3. The van der Waals surface area contributed by atoms with Gasteiger partial charge in [0, 0.05) is 10.4 Å². The fourth-order valence-electron chi connectivity index (χ4n) is 5.51. The lowest BCUT2D eigenvalue weighted by Crippen LogP contribution is -2.60. The molecule has 4 bridgehead atoms. The summed E-state index contributed by atoms with van der Waals surface area (Å²) in [5.41, 5.74) is -0.709. The van der Waals surface area contributed by atoms with Crippen LogP contribution in [-0.2, 0) is 11.0 Å². The second-order valence-corrected chi connectivity index (χ2v) is 9.11. The summed E-state index contributed by atoms with van der Waals surface area (Å²) in [6.07, 6.45) is 2.84. The van der Waals surface area contributed by atoms with E-state index in [4.69, 9.17) is 0 Å². The van der Waals surface area contributed by atoms with Gasteiger partial charge in [-0.2, -0.15) is 13.2 Å². The van der Waals surface area contributed by atoms with Crippen molar-refractivity contribution >= 4 is 17.7 Å². The predicted molar refractivity (Wildman–Crippen MR) is 91.2 cm³/mol. The first-order valence-corrected chi connectivity index (χ1v) is 9.91. The maximum absolute atomic E-state index is 12.8. The predicted octanol–water partition coefficient (Wildman–Crippen LogP) is 4.88. The van der Waals surface area contributed by atoms with Crippen LogP contribution < -0.4 is 5.32 Å². The fourth-order valence-corrected chi connectivity index (χ4v) is 6.26. The molecule has 1 aromatic rings. The number of carbonyl (C=O) groups excluding carboxylic acids is 1. The first-order valence-electron chi connectivity index (χ1n) is 8.92. The zero-order chi connectivity index (χ0) is 17.7. The molecule has 1 N–H and O–H groups in total. The van der Waals surface area contributed by atoms with Gasteiger partial charge in [-0.3, -0.25) is 4.79 Å². The summed E-state index contributed by atoms with van der Waals surface area (Å²) in [7, 11) is 0. The van der Waals surface area contributed by atoms with Gasteiger partial charge >= 0.3 is 6.18 Å². The van der Waals surface area contributed by atoms with E-state index in [1.54, 1.807) is 6.07 Å². The van der Waals surface area contributed by atoms with Gasteiger partial charge in [0.2, 0.25) is 5.91 Å². The highest BCUT2D eigenvalue weighted by molar-refractivity contribution is 8.00. The van der Waals surface area contributed by atoms with E-state index in [1.807, 2.05) is 0 Å². The Morgan fingerprint density at radius 3 is 2.28 bits per heavy atom. The average Bonchev–Trinajstić information content (AvgIpc) is 2.50. The Hall–Kier alpha value is -1.17. The minimum Gasteiger partial charge on any atom is -0.350 e. The summed E-state index contributed by atoms with van der Waals surface area (Å²) in [6.45, 7) is 0. The molecule has 1 aromatic carbocycles. The monoisotopic (exact) mass is 369 g/mol. The molecule has 4 fully saturated rings.